The Morgan fingerprint density at radius 2 is 1.73 bits per heavy atom. The number of nitrogens with one attached hydrogen (secondary N) is 3. The molecule has 3 aromatic rings. The van der Waals surface area contributed by atoms with Crippen LogP contribution >= 0.6 is 11.6 Å². The predicted molar refractivity (Wildman–Crippen MR) is 136 cm³/mol. The number of rotatable bonds is 13. The van der Waals surface area contributed by atoms with Crippen LogP contribution in [0.4, 0.5) is 22.0 Å². The normalized spacial score (nSPS) is 13.5. The lowest BCUT2D eigenvalue weighted by Gasteiger charge is -2.19. The van der Waals surface area contributed by atoms with Gasteiger partial charge in [0.05, 0.1) is 5.54 Å². The van der Waals surface area contributed by atoms with E-state index < -0.39 is 12.6 Å². The summed E-state index contributed by atoms with van der Waals surface area (Å²) in [7, 11) is 0. The Hall–Kier alpha value is -3.99. The molecule has 4 rings (SSSR count). The zero-order chi connectivity index (χ0) is 26.3. The van der Waals surface area contributed by atoms with E-state index in [1.165, 1.54) is 0 Å². The first kappa shape index (κ1) is 26.1. The molecule has 10 nitrogen and oxygen atoms in total. The van der Waals surface area contributed by atoms with Gasteiger partial charge in [0.2, 0.25) is 11.9 Å². The molecule has 1 aliphatic rings. The van der Waals surface area contributed by atoms with E-state index >= 15 is 0 Å². The number of hydrogen-bond acceptors (Lipinski definition) is 8. The SMILES string of the molecule is O=C(O)CCCNC(=O)c1ccc(Nc2nc(NC3(c4ccc(Cl)cc4)CC3)nc(OCCF)n2)cc1. The third-order valence-corrected chi connectivity index (χ3v) is 5.93. The first-order valence-corrected chi connectivity index (χ1v) is 12.1. The van der Waals surface area contributed by atoms with Gasteiger partial charge in [0, 0.05) is 29.2 Å². The molecule has 1 heterocycles. The summed E-state index contributed by atoms with van der Waals surface area (Å²) in [6.07, 6.45) is 2.10. The standard InChI is InChI=1S/C25H26ClFN6O4/c26-18-7-5-17(6-8-18)25(11-12-25)33-23-30-22(31-24(32-23)37-15-13-27)29-19-9-3-16(4-10-19)21(36)28-14-1-2-20(34)35/h3-10H,1-2,11-15H2,(H,28,36)(H,34,35)(H2,29,30,31,32,33). The number of anilines is 3. The number of nitrogens with zero attached hydrogens (tertiary/aromatic N) is 3. The maximum Gasteiger partial charge on any atom is 0.323 e. The molecule has 1 amide bonds. The van der Waals surface area contributed by atoms with E-state index in [9.17, 15) is 14.0 Å². The maximum absolute atomic E-state index is 12.7. The molecule has 0 unspecified atom stereocenters. The highest BCUT2D eigenvalue weighted by molar-refractivity contribution is 6.30. The molecule has 0 saturated heterocycles. The number of carbonyl (C=O) groups is 2. The summed E-state index contributed by atoms with van der Waals surface area (Å²) in [5.41, 5.74) is 1.74. The molecule has 37 heavy (non-hydrogen) atoms. The molecule has 1 fully saturated rings. The first-order valence-electron chi connectivity index (χ1n) is 11.7. The number of ether oxygens (including phenoxy) is 1. The van der Waals surface area contributed by atoms with Crippen LogP contribution in [0.15, 0.2) is 48.5 Å². The molecule has 0 spiro atoms. The lowest BCUT2D eigenvalue weighted by molar-refractivity contribution is -0.137. The van der Waals surface area contributed by atoms with Gasteiger partial charge in [-0.1, -0.05) is 23.7 Å². The van der Waals surface area contributed by atoms with Gasteiger partial charge in [-0.05, 0) is 61.2 Å². The molecule has 1 saturated carbocycles. The van der Waals surface area contributed by atoms with E-state index in [4.69, 9.17) is 21.4 Å². The van der Waals surface area contributed by atoms with Crippen molar-refractivity contribution in [1.82, 2.24) is 20.3 Å². The molecule has 4 N–H and O–H groups in total. The molecule has 1 aliphatic carbocycles. The smallest absolute Gasteiger partial charge is 0.323 e. The quantitative estimate of drug-likeness (QED) is 0.239. The van der Waals surface area contributed by atoms with Gasteiger partial charge in [0.1, 0.15) is 13.3 Å². The van der Waals surface area contributed by atoms with E-state index in [2.05, 4.69) is 30.9 Å². The Labute approximate surface area is 217 Å². The van der Waals surface area contributed by atoms with Crippen LogP contribution in [0.2, 0.25) is 5.02 Å². The third-order valence-electron chi connectivity index (χ3n) is 5.68. The Morgan fingerprint density at radius 3 is 2.38 bits per heavy atom. The van der Waals surface area contributed by atoms with Crippen molar-refractivity contribution in [3.8, 4) is 6.01 Å². The van der Waals surface area contributed by atoms with Crippen molar-refractivity contribution >= 4 is 41.1 Å². The van der Waals surface area contributed by atoms with Gasteiger partial charge in [-0.15, -0.1) is 0 Å². The zero-order valence-electron chi connectivity index (χ0n) is 19.8. The number of alkyl halides is 1. The van der Waals surface area contributed by atoms with Gasteiger partial charge in [-0.25, -0.2) is 4.39 Å². The molecule has 194 valence electrons. The molecule has 0 bridgehead atoms. The highest BCUT2D eigenvalue weighted by Gasteiger charge is 2.45. The van der Waals surface area contributed by atoms with Crippen LogP contribution in [0, 0.1) is 0 Å². The Kier molecular flexibility index (Phi) is 8.34. The molecular weight excluding hydrogens is 503 g/mol. The Balaban J connectivity index is 1.45. The van der Waals surface area contributed by atoms with E-state index in [1.54, 1.807) is 24.3 Å². The van der Waals surface area contributed by atoms with Crippen molar-refractivity contribution in [3.05, 3.63) is 64.7 Å². The number of carboxylic acids is 1. The van der Waals surface area contributed by atoms with Crippen LogP contribution in [0.3, 0.4) is 0 Å². The van der Waals surface area contributed by atoms with Crippen LogP contribution in [-0.4, -0.2) is 51.8 Å². The van der Waals surface area contributed by atoms with Crippen molar-refractivity contribution in [2.75, 3.05) is 30.5 Å². The lowest BCUT2D eigenvalue weighted by atomic mass is 10.1. The molecule has 0 aliphatic heterocycles. The molecule has 0 radical (unpaired) electrons. The fourth-order valence-electron chi connectivity index (χ4n) is 3.63. The number of benzene rings is 2. The van der Waals surface area contributed by atoms with Gasteiger partial charge in [-0.2, -0.15) is 15.0 Å². The van der Waals surface area contributed by atoms with Crippen molar-refractivity contribution < 1.29 is 23.8 Å². The van der Waals surface area contributed by atoms with Crippen LogP contribution < -0.4 is 20.7 Å². The maximum atomic E-state index is 12.7. The molecular formula is C25H26ClFN6O4. The fraction of sp³-hybridized carbons (Fsp3) is 0.320. The number of amides is 1. The summed E-state index contributed by atoms with van der Waals surface area (Å²) < 4.78 is 18.0. The minimum absolute atomic E-state index is 0.0102. The average molecular weight is 529 g/mol. The van der Waals surface area contributed by atoms with Crippen LogP contribution in [0.25, 0.3) is 0 Å². The van der Waals surface area contributed by atoms with Crippen molar-refractivity contribution in [3.63, 3.8) is 0 Å². The number of aliphatic carboxylic acids is 1. The molecule has 2 aromatic carbocycles. The van der Waals surface area contributed by atoms with Gasteiger partial charge in [-0.3, -0.25) is 9.59 Å². The number of halogens is 2. The second kappa shape index (κ2) is 11.8. The highest BCUT2D eigenvalue weighted by atomic mass is 35.5. The highest BCUT2D eigenvalue weighted by Crippen LogP contribution is 2.48. The number of carboxylic acid groups (broad SMARTS) is 1. The average Bonchev–Trinajstić information content (AvgIpc) is 3.66. The Bertz CT molecular complexity index is 1240. The van der Waals surface area contributed by atoms with E-state index in [0.29, 0.717) is 22.7 Å². The monoisotopic (exact) mass is 528 g/mol. The summed E-state index contributed by atoms with van der Waals surface area (Å²) in [4.78, 5) is 35.8. The zero-order valence-corrected chi connectivity index (χ0v) is 20.6. The summed E-state index contributed by atoms with van der Waals surface area (Å²) in [6.45, 7) is -0.613. The van der Waals surface area contributed by atoms with Gasteiger partial charge < -0.3 is 25.8 Å². The molecule has 12 heteroatoms. The Morgan fingerprint density at radius 1 is 1.03 bits per heavy atom. The minimum atomic E-state index is -0.906. The summed E-state index contributed by atoms with van der Waals surface area (Å²) in [5, 5.41) is 18.4. The van der Waals surface area contributed by atoms with Crippen LogP contribution in [0.5, 0.6) is 6.01 Å². The number of aromatic nitrogens is 3. The first-order chi connectivity index (χ1) is 17.9. The van der Waals surface area contributed by atoms with E-state index in [0.717, 1.165) is 18.4 Å². The summed E-state index contributed by atoms with van der Waals surface area (Å²) in [6, 6.07) is 14.1. The third kappa shape index (κ3) is 7.26. The minimum Gasteiger partial charge on any atom is -0.481 e. The summed E-state index contributed by atoms with van der Waals surface area (Å²) >= 11 is 6.02. The van der Waals surface area contributed by atoms with Crippen molar-refractivity contribution in [2.45, 2.75) is 31.2 Å². The predicted octanol–water partition coefficient (Wildman–Crippen LogP) is 4.31. The molecule has 1 aromatic heterocycles. The molecule has 0 atom stereocenters. The van der Waals surface area contributed by atoms with Crippen molar-refractivity contribution in [1.29, 1.82) is 0 Å². The number of carbonyl (C=O) groups excluding carboxylic acids is 1. The van der Waals surface area contributed by atoms with Crippen LogP contribution in [0.1, 0.15) is 41.6 Å². The topological polar surface area (TPSA) is 138 Å². The van der Waals surface area contributed by atoms with Crippen molar-refractivity contribution in [2.24, 2.45) is 0 Å². The van der Waals surface area contributed by atoms with E-state index in [1.807, 2.05) is 24.3 Å². The van der Waals surface area contributed by atoms with E-state index in [-0.39, 0.29) is 48.9 Å². The largest absolute Gasteiger partial charge is 0.481 e. The second-order valence-corrected chi connectivity index (χ2v) is 8.91. The van der Waals surface area contributed by atoms with Crippen LogP contribution in [-0.2, 0) is 10.3 Å². The van der Waals surface area contributed by atoms with Gasteiger partial charge in [0.25, 0.3) is 5.91 Å². The fourth-order valence-corrected chi connectivity index (χ4v) is 3.76. The second-order valence-electron chi connectivity index (χ2n) is 8.47. The summed E-state index contributed by atoms with van der Waals surface area (Å²) in [5.74, 6) is -0.750. The van der Waals surface area contributed by atoms with Gasteiger partial charge >= 0.3 is 12.0 Å². The number of hydrogen-bond donors (Lipinski definition) is 4. The lowest BCUT2D eigenvalue weighted by Crippen LogP contribution is -2.24. The van der Waals surface area contributed by atoms with Gasteiger partial charge in [0.15, 0.2) is 0 Å².